The molecular formula is C19H25N7O3. The standard InChI is InChI=1S/C19H25N7O3/c1-11-21-16-15(13-4-6-28-13)22-19(23-17(16)18(27)25(11)3)26-5-7-29-14(10-26)12-8-20-24(2)9-12/h8-9,13-14,16-17H,4-7,10H2,1-3H3/t13?,14-,16?,17?/m1/s1. The third-order valence-corrected chi connectivity index (χ3v) is 5.96. The molecule has 4 aliphatic rings. The van der Waals surface area contributed by atoms with Gasteiger partial charge in [0.05, 0.1) is 31.7 Å². The van der Waals surface area contributed by atoms with Crippen LogP contribution in [0.3, 0.4) is 0 Å². The lowest BCUT2D eigenvalue weighted by molar-refractivity contribution is -0.128. The molecule has 10 heteroatoms. The van der Waals surface area contributed by atoms with Gasteiger partial charge in [0, 0.05) is 38.8 Å². The summed E-state index contributed by atoms with van der Waals surface area (Å²) in [4.78, 5) is 30.9. The zero-order chi connectivity index (χ0) is 20.1. The Morgan fingerprint density at radius 3 is 2.59 bits per heavy atom. The van der Waals surface area contributed by atoms with E-state index in [1.165, 1.54) is 0 Å². The molecule has 0 saturated carbocycles. The Bertz CT molecular complexity index is 917. The second-order valence-corrected chi connectivity index (χ2v) is 7.83. The SMILES string of the molecule is CC1=NC2C(C3CCO3)=NC(N3CCO[C@@H](c4cnn(C)c4)C3)=NC2C(=O)N1C. The summed E-state index contributed by atoms with van der Waals surface area (Å²) in [5.74, 6) is 1.21. The zero-order valence-corrected chi connectivity index (χ0v) is 16.9. The zero-order valence-electron chi connectivity index (χ0n) is 16.9. The number of carbonyl (C=O) groups is 1. The first kappa shape index (κ1) is 18.4. The van der Waals surface area contributed by atoms with Crippen molar-refractivity contribution in [1.82, 2.24) is 19.6 Å². The number of aryl methyl sites for hydroxylation is 1. The van der Waals surface area contributed by atoms with Crippen LogP contribution in [0.4, 0.5) is 0 Å². The average Bonchev–Trinajstić information content (AvgIpc) is 3.12. The van der Waals surface area contributed by atoms with E-state index in [2.05, 4.69) is 10.00 Å². The van der Waals surface area contributed by atoms with Crippen molar-refractivity contribution in [3.8, 4) is 0 Å². The first-order chi connectivity index (χ1) is 14.0. The van der Waals surface area contributed by atoms with E-state index in [4.69, 9.17) is 24.5 Å². The van der Waals surface area contributed by atoms with Gasteiger partial charge in [-0.05, 0) is 6.92 Å². The number of hydrogen-bond acceptors (Lipinski definition) is 8. The van der Waals surface area contributed by atoms with E-state index in [0.29, 0.717) is 38.1 Å². The number of aliphatic imine (C=N–C) groups is 3. The van der Waals surface area contributed by atoms with Crippen LogP contribution in [0.15, 0.2) is 27.4 Å². The molecule has 0 N–H and O–H groups in total. The number of aromatic nitrogens is 2. The molecule has 5 heterocycles. The lowest BCUT2D eigenvalue weighted by Crippen LogP contribution is -2.58. The fraction of sp³-hybridized carbons (Fsp3) is 0.632. The molecule has 29 heavy (non-hydrogen) atoms. The Labute approximate surface area is 168 Å². The van der Waals surface area contributed by atoms with Gasteiger partial charge in [-0.25, -0.2) is 9.98 Å². The van der Waals surface area contributed by atoms with Gasteiger partial charge in [-0.15, -0.1) is 0 Å². The third-order valence-electron chi connectivity index (χ3n) is 5.96. The Balaban J connectivity index is 1.46. The Hall–Kier alpha value is -2.59. The van der Waals surface area contributed by atoms with Crippen LogP contribution in [-0.2, 0) is 21.3 Å². The smallest absolute Gasteiger partial charge is 0.255 e. The Morgan fingerprint density at radius 1 is 1.10 bits per heavy atom. The van der Waals surface area contributed by atoms with Crippen LogP contribution in [0.2, 0.25) is 0 Å². The molecule has 4 aliphatic heterocycles. The van der Waals surface area contributed by atoms with Gasteiger partial charge in [-0.2, -0.15) is 5.10 Å². The quantitative estimate of drug-likeness (QED) is 0.699. The van der Waals surface area contributed by atoms with Crippen LogP contribution >= 0.6 is 0 Å². The van der Waals surface area contributed by atoms with Crippen LogP contribution in [0.25, 0.3) is 0 Å². The molecule has 3 unspecified atom stereocenters. The first-order valence-corrected chi connectivity index (χ1v) is 9.96. The lowest BCUT2D eigenvalue weighted by atomic mass is 9.92. The van der Waals surface area contributed by atoms with Crippen molar-refractivity contribution in [2.24, 2.45) is 22.0 Å². The number of likely N-dealkylation sites (N-methyl/N-ethyl adjacent to an activating group) is 1. The molecule has 2 fully saturated rings. The number of morpholine rings is 1. The Kier molecular flexibility index (Phi) is 4.47. The third kappa shape index (κ3) is 3.16. The summed E-state index contributed by atoms with van der Waals surface area (Å²) in [6.45, 7) is 4.39. The number of ether oxygens (including phenoxy) is 2. The number of amides is 1. The van der Waals surface area contributed by atoms with Gasteiger partial charge in [0.25, 0.3) is 5.91 Å². The largest absolute Gasteiger partial charge is 0.372 e. The maximum atomic E-state index is 12.9. The molecule has 5 rings (SSSR count). The van der Waals surface area contributed by atoms with Gasteiger partial charge in [0.2, 0.25) is 5.96 Å². The van der Waals surface area contributed by atoms with Crippen LogP contribution in [-0.4, -0.2) is 94.5 Å². The van der Waals surface area contributed by atoms with E-state index in [9.17, 15) is 4.79 Å². The van der Waals surface area contributed by atoms with Crippen LogP contribution in [0.5, 0.6) is 0 Å². The number of fused-ring (bicyclic) bond motifs is 1. The highest BCUT2D eigenvalue weighted by molar-refractivity contribution is 6.13. The summed E-state index contributed by atoms with van der Waals surface area (Å²) in [5, 5.41) is 4.24. The van der Waals surface area contributed by atoms with Crippen molar-refractivity contribution in [2.75, 3.05) is 33.4 Å². The number of guanidine groups is 1. The number of nitrogens with zero attached hydrogens (tertiary/aromatic N) is 7. The van der Waals surface area contributed by atoms with Gasteiger partial charge in [0.1, 0.15) is 24.1 Å². The molecule has 0 aromatic carbocycles. The summed E-state index contributed by atoms with van der Waals surface area (Å²) >= 11 is 0. The predicted octanol–water partition coefficient (Wildman–Crippen LogP) is 0.0205. The van der Waals surface area contributed by atoms with E-state index in [-0.39, 0.29) is 24.2 Å². The van der Waals surface area contributed by atoms with Gasteiger partial charge < -0.3 is 19.3 Å². The molecule has 1 aromatic heterocycles. The minimum absolute atomic E-state index is 0.0520. The van der Waals surface area contributed by atoms with E-state index < -0.39 is 6.04 Å². The molecule has 2 saturated heterocycles. The monoisotopic (exact) mass is 399 g/mol. The van der Waals surface area contributed by atoms with Crippen molar-refractivity contribution in [3.63, 3.8) is 0 Å². The average molecular weight is 399 g/mol. The van der Waals surface area contributed by atoms with Gasteiger partial charge in [-0.3, -0.25) is 14.5 Å². The fourth-order valence-electron chi connectivity index (χ4n) is 4.06. The van der Waals surface area contributed by atoms with Crippen molar-refractivity contribution in [3.05, 3.63) is 18.0 Å². The normalized spacial score (nSPS) is 32.2. The summed E-state index contributed by atoms with van der Waals surface area (Å²) in [6.07, 6.45) is 4.48. The van der Waals surface area contributed by atoms with E-state index in [0.717, 1.165) is 17.7 Å². The van der Waals surface area contributed by atoms with E-state index in [1.54, 1.807) is 16.6 Å². The van der Waals surface area contributed by atoms with Crippen molar-refractivity contribution >= 4 is 23.4 Å². The summed E-state index contributed by atoms with van der Waals surface area (Å²) in [7, 11) is 3.63. The second-order valence-electron chi connectivity index (χ2n) is 7.83. The molecule has 0 radical (unpaired) electrons. The minimum atomic E-state index is -0.588. The molecule has 0 bridgehead atoms. The summed E-state index contributed by atoms with van der Waals surface area (Å²) in [5.41, 5.74) is 1.84. The highest BCUT2D eigenvalue weighted by atomic mass is 16.5. The number of amidine groups is 1. The molecule has 1 amide bonds. The first-order valence-electron chi connectivity index (χ1n) is 9.96. The molecular weight excluding hydrogens is 374 g/mol. The highest BCUT2D eigenvalue weighted by Gasteiger charge is 2.45. The summed E-state index contributed by atoms with van der Waals surface area (Å²) < 4.78 is 13.4. The van der Waals surface area contributed by atoms with Crippen LogP contribution in [0.1, 0.15) is 25.0 Å². The van der Waals surface area contributed by atoms with Crippen molar-refractivity contribution in [2.45, 2.75) is 37.6 Å². The molecule has 4 atom stereocenters. The topological polar surface area (TPSA) is 96.9 Å². The highest BCUT2D eigenvalue weighted by Crippen LogP contribution is 2.28. The molecule has 10 nitrogen and oxygen atoms in total. The van der Waals surface area contributed by atoms with Gasteiger partial charge in [-0.1, -0.05) is 0 Å². The summed E-state index contributed by atoms with van der Waals surface area (Å²) in [6, 6.07) is -0.960. The van der Waals surface area contributed by atoms with E-state index in [1.807, 2.05) is 26.4 Å². The fourth-order valence-corrected chi connectivity index (χ4v) is 4.06. The second kappa shape index (κ2) is 7.03. The molecule has 1 aromatic rings. The van der Waals surface area contributed by atoms with Crippen molar-refractivity contribution < 1.29 is 14.3 Å². The Morgan fingerprint density at radius 2 is 1.90 bits per heavy atom. The lowest BCUT2D eigenvalue weighted by Gasteiger charge is -2.41. The van der Waals surface area contributed by atoms with Crippen LogP contribution < -0.4 is 0 Å². The van der Waals surface area contributed by atoms with Gasteiger partial charge in [0.15, 0.2) is 6.04 Å². The number of hydrogen-bond donors (Lipinski definition) is 0. The minimum Gasteiger partial charge on any atom is -0.372 e. The number of carbonyl (C=O) groups excluding carboxylic acids is 1. The molecule has 154 valence electrons. The maximum absolute atomic E-state index is 12.9. The van der Waals surface area contributed by atoms with Gasteiger partial charge >= 0.3 is 0 Å². The predicted molar refractivity (Wildman–Crippen MR) is 106 cm³/mol. The molecule has 0 aliphatic carbocycles. The maximum Gasteiger partial charge on any atom is 0.255 e. The van der Waals surface area contributed by atoms with E-state index >= 15 is 0 Å². The number of rotatable bonds is 2. The molecule has 0 spiro atoms. The van der Waals surface area contributed by atoms with Crippen LogP contribution in [0, 0.1) is 0 Å². The van der Waals surface area contributed by atoms with Crippen molar-refractivity contribution in [1.29, 1.82) is 0 Å².